The fourth-order valence-electron chi connectivity index (χ4n) is 2.33. The number of fused-ring (bicyclic) bond motifs is 1. The van der Waals surface area contributed by atoms with Crippen molar-refractivity contribution >= 4 is 28.3 Å². The number of carboxylic acids is 1. The molecule has 1 heterocycles. The van der Waals surface area contributed by atoms with E-state index in [1.165, 1.54) is 6.26 Å². The van der Waals surface area contributed by atoms with Gasteiger partial charge >= 0.3 is 5.97 Å². The molecule has 24 heavy (non-hydrogen) atoms. The van der Waals surface area contributed by atoms with Gasteiger partial charge in [0, 0.05) is 22.5 Å². The van der Waals surface area contributed by atoms with Crippen LogP contribution in [0.1, 0.15) is 5.69 Å². The van der Waals surface area contributed by atoms with Crippen molar-refractivity contribution in [2.75, 3.05) is 11.9 Å². The van der Waals surface area contributed by atoms with Crippen LogP contribution in [0.25, 0.3) is 10.8 Å². The van der Waals surface area contributed by atoms with Gasteiger partial charge in [-0.1, -0.05) is 29.4 Å². The van der Waals surface area contributed by atoms with E-state index in [-0.39, 0.29) is 12.3 Å². The van der Waals surface area contributed by atoms with Gasteiger partial charge in [0.2, 0.25) is 5.91 Å². The highest BCUT2D eigenvalue weighted by Crippen LogP contribution is 2.31. The molecule has 0 aliphatic rings. The number of anilines is 1. The Kier molecular flexibility index (Phi) is 4.42. The average molecular weight is 326 g/mol. The number of hydrogen-bond donors (Lipinski definition) is 2. The Hall–Kier alpha value is -3.35. The van der Waals surface area contributed by atoms with Crippen LogP contribution in [-0.4, -0.2) is 28.7 Å². The van der Waals surface area contributed by atoms with Gasteiger partial charge in [-0.2, -0.15) is 0 Å². The fourth-order valence-corrected chi connectivity index (χ4v) is 2.33. The van der Waals surface area contributed by atoms with Crippen LogP contribution in [0.5, 0.6) is 5.75 Å². The topological polar surface area (TPSA) is 102 Å². The second-order valence-corrected chi connectivity index (χ2v) is 5.05. The van der Waals surface area contributed by atoms with Crippen LogP contribution in [0, 0.1) is 0 Å². The van der Waals surface area contributed by atoms with Gasteiger partial charge in [0.1, 0.15) is 12.0 Å². The van der Waals surface area contributed by atoms with E-state index in [1.54, 1.807) is 24.3 Å². The first-order valence-electron chi connectivity index (χ1n) is 7.19. The second kappa shape index (κ2) is 6.82. The standard InChI is InChI=1S/C17H14N2O5/c20-16(9-11-7-8-24-19-11)18-14-5-6-15(23-10-17(21)22)13-4-2-1-3-12(13)14/h1-8H,9-10H2,(H,18,20)(H,21,22). The van der Waals surface area contributed by atoms with Gasteiger partial charge in [-0.25, -0.2) is 4.79 Å². The lowest BCUT2D eigenvalue weighted by Crippen LogP contribution is -2.15. The molecule has 0 aliphatic heterocycles. The third kappa shape index (κ3) is 3.52. The summed E-state index contributed by atoms with van der Waals surface area (Å²) in [6.45, 7) is -0.429. The molecule has 2 aromatic carbocycles. The molecule has 7 heteroatoms. The Morgan fingerprint density at radius 1 is 1.12 bits per heavy atom. The van der Waals surface area contributed by atoms with E-state index in [0.717, 1.165) is 10.8 Å². The number of aromatic nitrogens is 1. The maximum absolute atomic E-state index is 12.1. The summed E-state index contributed by atoms with van der Waals surface area (Å²) >= 11 is 0. The van der Waals surface area contributed by atoms with Crippen LogP contribution >= 0.6 is 0 Å². The summed E-state index contributed by atoms with van der Waals surface area (Å²) in [6.07, 6.45) is 1.51. The molecule has 0 unspecified atom stereocenters. The summed E-state index contributed by atoms with van der Waals surface area (Å²) in [5.74, 6) is -0.833. The summed E-state index contributed by atoms with van der Waals surface area (Å²) in [5.41, 5.74) is 1.15. The van der Waals surface area contributed by atoms with E-state index in [2.05, 4.69) is 10.5 Å². The van der Waals surface area contributed by atoms with E-state index in [0.29, 0.717) is 17.1 Å². The van der Waals surface area contributed by atoms with Crippen LogP contribution in [0.2, 0.25) is 0 Å². The first-order valence-corrected chi connectivity index (χ1v) is 7.19. The van der Waals surface area contributed by atoms with E-state index < -0.39 is 12.6 Å². The fraction of sp³-hybridized carbons (Fsp3) is 0.118. The molecule has 1 amide bonds. The molecule has 3 aromatic rings. The summed E-state index contributed by atoms with van der Waals surface area (Å²) in [5, 5.41) is 16.8. The van der Waals surface area contributed by atoms with Crippen LogP contribution in [0.15, 0.2) is 53.3 Å². The van der Waals surface area contributed by atoms with Crippen molar-refractivity contribution in [2.45, 2.75) is 6.42 Å². The maximum atomic E-state index is 12.1. The molecule has 0 spiro atoms. The van der Waals surface area contributed by atoms with Gasteiger partial charge in [0.05, 0.1) is 12.1 Å². The normalized spacial score (nSPS) is 10.5. The van der Waals surface area contributed by atoms with Crippen molar-refractivity contribution < 1.29 is 24.0 Å². The number of carboxylic acid groups (broad SMARTS) is 1. The lowest BCUT2D eigenvalue weighted by atomic mass is 10.1. The number of amides is 1. The lowest BCUT2D eigenvalue weighted by molar-refractivity contribution is -0.139. The molecule has 0 saturated heterocycles. The zero-order valence-corrected chi connectivity index (χ0v) is 12.6. The molecule has 3 rings (SSSR count). The molecule has 122 valence electrons. The molecular formula is C17H14N2O5. The highest BCUT2D eigenvalue weighted by Gasteiger charge is 2.11. The lowest BCUT2D eigenvalue weighted by Gasteiger charge is -2.12. The number of nitrogens with one attached hydrogen (secondary N) is 1. The van der Waals surface area contributed by atoms with E-state index in [4.69, 9.17) is 14.4 Å². The number of benzene rings is 2. The first-order chi connectivity index (χ1) is 11.6. The number of carbonyl (C=O) groups is 2. The van der Waals surface area contributed by atoms with Crippen molar-refractivity contribution in [3.05, 3.63) is 54.4 Å². The van der Waals surface area contributed by atoms with Gasteiger partial charge in [-0.3, -0.25) is 4.79 Å². The zero-order valence-electron chi connectivity index (χ0n) is 12.6. The Labute approximate surface area is 136 Å². The summed E-state index contributed by atoms with van der Waals surface area (Å²) in [4.78, 5) is 22.8. The number of rotatable bonds is 6. The quantitative estimate of drug-likeness (QED) is 0.721. The Bertz CT molecular complexity index is 874. The molecule has 1 aromatic heterocycles. The second-order valence-electron chi connectivity index (χ2n) is 5.05. The number of ether oxygens (including phenoxy) is 1. The third-order valence-electron chi connectivity index (χ3n) is 3.34. The molecular weight excluding hydrogens is 312 g/mol. The highest BCUT2D eigenvalue weighted by molar-refractivity contribution is 6.04. The largest absolute Gasteiger partial charge is 0.481 e. The van der Waals surface area contributed by atoms with E-state index in [1.807, 2.05) is 18.2 Å². The van der Waals surface area contributed by atoms with Gasteiger partial charge in [-0.15, -0.1) is 0 Å². The number of carbonyl (C=O) groups excluding carboxylic acids is 1. The Morgan fingerprint density at radius 3 is 2.62 bits per heavy atom. The molecule has 0 atom stereocenters. The van der Waals surface area contributed by atoms with Gasteiger partial charge in [0.15, 0.2) is 6.61 Å². The van der Waals surface area contributed by atoms with Crippen molar-refractivity contribution in [1.82, 2.24) is 5.16 Å². The molecule has 0 saturated carbocycles. The third-order valence-corrected chi connectivity index (χ3v) is 3.34. The zero-order chi connectivity index (χ0) is 16.9. The SMILES string of the molecule is O=C(O)COc1ccc(NC(=O)Cc2ccon2)c2ccccc12. The number of aliphatic carboxylic acids is 1. The van der Waals surface area contributed by atoms with Gasteiger partial charge < -0.3 is 19.7 Å². The van der Waals surface area contributed by atoms with Crippen LogP contribution in [0.3, 0.4) is 0 Å². The van der Waals surface area contributed by atoms with Crippen molar-refractivity contribution in [3.63, 3.8) is 0 Å². The summed E-state index contributed by atoms with van der Waals surface area (Å²) in [6, 6.07) is 12.2. The number of hydrogen-bond acceptors (Lipinski definition) is 5. The predicted molar refractivity (Wildman–Crippen MR) is 85.9 cm³/mol. The Balaban J connectivity index is 1.85. The molecule has 7 nitrogen and oxygen atoms in total. The molecule has 0 radical (unpaired) electrons. The molecule has 0 bridgehead atoms. The monoisotopic (exact) mass is 326 g/mol. The van der Waals surface area contributed by atoms with Gasteiger partial charge in [-0.05, 0) is 12.1 Å². The first kappa shape index (κ1) is 15.5. The van der Waals surface area contributed by atoms with Crippen LogP contribution < -0.4 is 10.1 Å². The minimum absolute atomic E-state index is 0.0993. The average Bonchev–Trinajstić information content (AvgIpc) is 3.07. The van der Waals surface area contributed by atoms with Crippen molar-refractivity contribution in [3.8, 4) is 5.75 Å². The smallest absolute Gasteiger partial charge is 0.341 e. The molecule has 0 fully saturated rings. The summed E-state index contributed by atoms with van der Waals surface area (Å²) in [7, 11) is 0. The highest BCUT2D eigenvalue weighted by atomic mass is 16.5. The van der Waals surface area contributed by atoms with E-state index in [9.17, 15) is 9.59 Å². The minimum atomic E-state index is -1.05. The number of nitrogens with zero attached hydrogens (tertiary/aromatic N) is 1. The van der Waals surface area contributed by atoms with Crippen molar-refractivity contribution in [1.29, 1.82) is 0 Å². The van der Waals surface area contributed by atoms with Gasteiger partial charge in [0.25, 0.3) is 0 Å². The Morgan fingerprint density at radius 2 is 1.92 bits per heavy atom. The molecule has 2 N–H and O–H groups in total. The maximum Gasteiger partial charge on any atom is 0.341 e. The van der Waals surface area contributed by atoms with E-state index >= 15 is 0 Å². The summed E-state index contributed by atoms with van der Waals surface area (Å²) < 4.78 is 9.99. The van der Waals surface area contributed by atoms with Crippen molar-refractivity contribution in [2.24, 2.45) is 0 Å². The van der Waals surface area contributed by atoms with Crippen LogP contribution in [-0.2, 0) is 16.0 Å². The van der Waals surface area contributed by atoms with Crippen LogP contribution in [0.4, 0.5) is 5.69 Å². The molecule has 0 aliphatic carbocycles. The minimum Gasteiger partial charge on any atom is -0.481 e. The predicted octanol–water partition coefficient (Wildman–Crippen LogP) is 2.47.